The van der Waals surface area contributed by atoms with Gasteiger partial charge in [-0.05, 0) is 76.5 Å². The van der Waals surface area contributed by atoms with Gasteiger partial charge < -0.3 is 5.73 Å². The van der Waals surface area contributed by atoms with E-state index in [1.807, 2.05) is 25.1 Å². The van der Waals surface area contributed by atoms with Crippen molar-refractivity contribution in [3.63, 3.8) is 0 Å². The molecule has 2 rings (SSSR count). The smallest absolute Gasteiger partial charge is 0.261 e. The van der Waals surface area contributed by atoms with Gasteiger partial charge in [0.2, 0.25) is 0 Å². The maximum atomic E-state index is 12.4. The van der Waals surface area contributed by atoms with Crippen LogP contribution in [-0.4, -0.2) is 8.42 Å². The fourth-order valence-electron chi connectivity index (χ4n) is 2.04. The molecule has 2 aromatic rings. The normalized spacial score (nSPS) is 11.4. The molecule has 3 N–H and O–H groups in total. The Hall–Kier alpha value is -1.12. The van der Waals surface area contributed by atoms with Crippen LogP contribution in [0.4, 0.5) is 5.69 Å². The fourth-order valence-corrected chi connectivity index (χ4v) is 3.50. The third kappa shape index (κ3) is 3.96. The lowest BCUT2D eigenvalue weighted by Gasteiger charge is -2.11. The first-order valence-electron chi connectivity index (χ1n) is 6.56. The van der Waals surface area contributed by atoms with Crippen molar-refractivity contribution in [3.05, 3.63) is 57.2 Å². The van der Waals surface area contributed by atoms with Crippen molar-refractivity contribution in [3.8, 4) is 0 Å². The van der Waals surface area contributed by atoms with Gasteiger partial charge in [0.25, 0.3) is 10.0 Å². The minimum atomic E-state index is -3.59. The Morgan fingerprint density at radius 3 is 2.33 bits per heavy atom. The highest BCUT2D eigenvalue weighted by Gasteiger charge is 2.15. The molecule has 0 aliphatic rings. The van der Waals surface area contributed by atoms with E-state index in [-0.39, 0.29) is 4.90 Å². The number of anilines is 1. The largest absolute Gasteiger partial charge is 0.326 e. The fraction of sp³-hybridized carbons (Fsp3) is 0.200. The molecule has 0 spiro atoms. The topological polar surface area (TPSA) is 72.2 Å². The van der Waals surface area contributed by atoms with Crippen LogP contribution in [-0.2, 0) is 23.0 Å². The average Bonchev–Trinajstić information content (AvgIpc) is 2.48. The third-order valence-corrected chi connectivity index (χ3v) is 5.28. The number of nitrogens with one attached hydrogen (secondary N) is 1. The molecule has 0 aliphatic heterocycles. The minimum Gasteiger partial charge on any atom is -0.326 e. The van der Waals surface area contributed by atoms with E-state index in [2.05, 4.69) is 27.3 Å². The van der Waals surface area contributed by atoms with Crippen LogP contribution in [0.15, 0.2) is 47.4 Å². The summed E-state index contributed by atoms with van der Waals surface area (Å²) < 4.78 is 28.4. The van der Waals surface area contributed by atoms with Gasteiger partial charge in [0.05, 0.1) is 4.90 Å². The van der Waals surface area contributed by atoms with Crippen LogP contribution in [0.2, 0.25) is 0 Å². The molecule has 0 saturated carbocycles. The van der Waals surface area contributed by atoms with Crippen LogP contribution < -0.4 is 10.5 Å². The van der Waals surface area contributed by atoms with E-state index >= 15 is 0 Å². The molecule has 0 radical (unpaired) electrons. The van der Waals surface area contributed by atoms with Crippen LogP contribution in [0.1, 0.15) is 18.1 Å². The summed E-state index contributed by atoms with van der Waals surface area (Å²) in [4.78, 5) is 0.235. The van der Waals surface area contributed by atoms with E-state index < -0.39 is 10.0 Å². The lowest BCUT2D eigenvalue weighted by Crippen LogP contribution is -2.14. The van der Waals surface area contributed by atoms with Gasteiger partial charge in [0, 0.05) is 15.8 Å². The van der Waals surface area contributed by atoms with Crippen molar-refractivity contribution in [1.29, 1.82) is 0 Å². The van der Waals surface area contributed by atoms with Gasteiger partial charge in [-0.1, -0.05) is 13.0 Å². The summed E-state index contributed by atoms with van der Waals surface area (Å²) in [5, 5.41) is 0. The van der Waals surface area contributed by atoms with Crippen molar-refractivity contribution < 1.29 is 8.42 Å². The van der Waals surface area contributed by atoms with E-state index in [1.54, 1.807) is 24.3 Å². The SMILES string of the molecule is CCc1ccc(S(=O)(=O)Nc2ccc(I)cc2)cc1CN. The van der Waals surface area contributed by atoms with E-state index in [4.69, 9.17) is 5.73 Å². The number of hydrogen-bond acceptors (Lipinski definition) is 3. The summed E-state index contributed by atoms with van der Waals surface area (Å²) in [6.07, 6.45) is 0.831. The first-order valence-corrected chi connectivity index (χ1v) is 9.12. The van der Waals surface area contributed by atoms with Crippen molar-refractivity contribution in [2.45, 2.75) is 24.8 Å². The highest BCUT2D eigenvalue weighted by atomic mass is 127. The summed E-state index contributed by atoms with van der Waals surface area (Å²) in [7, 11) is -3.59. The second-order valence-electron chi connectivity index (χ2n) is 4.60. The Bertz CT molecular complexity index is 728. The van der Waals surface area contributed by atoms with Crippen molar-refractivity contribution in [1.82, 2.24) is 0 Å². The summed E-state index contributed by atoms with van der Waals surface area (Å²) in [6.45, 7) is 2.35. The number of hydrogen-bond donors (Lipinski definition) is 2. The summed E-state index contributed by atoms with van der Waals surface area (Å²) in [5.74, 6) is 0. The number of nitrogens with two attached hydrogens (primary N) is 1. The molecule has 6 heteroatoms. The molecule has 0 atom stereocenters. The van der Waals surface area contributed by atoms with E-state index in [1.165, 1.54) is 0 Å². The molecular formula is C15H17IN2O2S. The summed E-state index contributed by atoms with van der Waals surface area (Å²) >= 11 is 2.17. The molecule has 2 aromatic carbocycles. The third-order valence-electron chi connectivity index (χ3n) is 3.19. The number of benzene rings is 2. The van der Waals surface area contributed by atoms with Crippen molar-refractivity contribution >= 4 is 38.3 Å². The van der Waals surface area contributed by atoms with Gasteiger partial charge >= 0.3 is 0 Å². The van der Waals surface area contributed by atoms with E-state index in [9.17, 15) is 8.42 Å². The van der Waals surface area contributed by atoms with Gasteiger partial charge in [0.1, 0.15) is 0 Å². The van der Waals surface area contributed by atoms with Crippen molar-refractivity contribution in [2.24, 2.45) is 5.73 Å². The molecule has 112 valence electrons. The van der Waals surface area contributed by atoms with Crippen LogP contribution in [0, 0.1) is 3.57 Å². The molecule has 0 fully saturated rings. The van der Waals surface area contributed by atoms with Crippen LogP contribution in [0.5, 0.6) is 0 Å². The molecule has 21 heavy (non-hydrogen) atoms. The zero-order valence-corrected chi connectivity index (χ0v) is 14.6. The zero-order chi connectivity index (χ0) is 15.5. The average molecular weight is 416 g/mol. The number of aryl methyl sites for hydroxylation is 1. The predicted molar refractivity (Wildman–Crippen MR) is 93.7 cm³/mol. The maximum Gasteiger partial charge on any atom is 0.261 e. The molecule has 4 nitrogen and oxygen atoms in total. The second-order valence-corrected chi connectivity index (χ2v) is 7.53. The lowest BCUT2D eigenvalue weighted by atomic mass is 10.1. The van der Waals surface area contributed by atoms with Gasteiger partial charge in [-0.2, -0.15) is 0 Å². The van der Waals surface area contributed by atoms with Gasteiger partial charge in [-0.3, -0.25) is 4.72 Å². The van der Waals surface area contributed by atoms with Gasteiger partial charge in [-0.25, -0.2) is 8.42 Å². The summed E-state index contributed by atoms with van der Waals surface area (Å²) in [6, 6.07) is 12.3. The molecule has 0 aliphatic carbocycles. The molecule has 0 amide bonds. The van der Waals surface area contributed by atoms with E-state index in [0.717, 1.165) is 21.1 Å². The Kier molecular flexibility index (Phi) is 5.23. The molecule has 0 unspecified atom stereocenters. The number of rotatable bonds is 5. The lowest BCUT2D eigenvalue weighted by molar-refractivity contribution is 0.601. The number of sulfonamides is 1. The predicted octanol–water partition coefficient (Wildman–Crippen LogP) is 3.11. The quantitative estimate of drug-likeness (QED) is 0.736. The van der Waals surface area contributed by atoms with Crippen LogP contribution in [0.25, 0.3) is 0 Å². The van der Waals surface area contributed by atoms with Crippen molar-refractivity contribution in [2.75, 3.05) is 4.72 Å². The summed E-state index contributed by atoms with van der Waals surface area (Å²) in [5.41, 5.74) is 8.18. The molecule has 0 saturated heterocycles. The Balaban J connectivity index is 2.33. The highest BCUT2D eigenvalue weighted by molar-refractivity contribution is 14.1. The first kappa shape index (κ1) is 16.3. The molecule has 0 heterocycles. The Morgan fingerprint density at radius 2 is 1.76 bits per heavy atom. The highest BCUT2D eigenvalue weighted by Crippen LogP contribution is 2.20. The first-order chi connectivity index (χ1) is 9.96. The standard InChI is InChI=1S/C15H17IN2O2S/c1-2-11-3-8-15(9-12(11)10-17)21(19,20)18-14-6-4-13(16)5-7-14/h3-9,18H,2,10,17H2,1H3. The minimum absolute atomic E-state index is 0.235. The molecule has 0 bridgehead atoms. The van der Waals surface area contributed by atoms with Gasteiger partial charge in [0.15, 0.2) is 0 Å². The van der Waals surface area contributed by atoms with Crippen LogP contribution >= 0.6 is 22.6 Å². The Labute approximate surface area is 138 Å². The molecular weight excluding hydrogens is 399 g/mol. The Morgan fingerprint density at radius 1 is 1.10 bits per heavy atom. The van der Waals surface area contributed by atoms with Gasteiger partial charge in [-0.15, -0.1) is 0 Å². The monoisotopic (exact) mass is 416 g/mol. The van der Waals surface area contributed by atoms with E-state index in [0.29, 0.717) is 12.2 Å². The molecule has 0 aromatic heterocycles. The zero-order valence-electron chi connectivity index (χ0n) is 11.6. The maximum absolute atomic E-state index is 12.4. The van der Waals surface area contributed by atoms with Crippen LogP contribution in [0.3, 0.4) is 0 Å². The number of halogens is 1. The second kappa shape index (κ2) is 6.76.